The van der Waals surface area contributed by atoms with Crippen molar-refractivity contribution in [2.45, 2.75) is 40.2 Å². The minimum absolute atomic E-state index is 0.0743. The lowest BCUT2D eigenvalue weighted by Gasteiger charge is -2.28. The fraction of sp³-hybridized carbons (Fsp3) is 0.375. The fourth-order valence-corrected chi connectivity index (χ4v) is 3.02. The van der Waals surface area contributed by atoms with Gasteiger partial charge < -0.3 is 19.7 Å². The summed E-state index contributed by atoms with van der Waals surface area (Å²) < 4.78 is 10.9. The summed E-state index contributed by atoms with van der Waals surface area (Å²) in [6, 6.07) is 12.3. The Morgan fingerprint density at radius 1 is 1.19 bits per heavy atom. The number of methoxy groups -OCH3 is 1. The molecular weight excluding hydrogens is 394 g/mol. The molecule has 0 aliphatic rings. The van der Waals surface area contributed by atoms with Gasteiger partial charge in [0.2, 0.25) is 5.91 Å². The molecule has 2 amide bonds. The van der Waals surface area contributed by atoms with Gasteiger partial charge in [0.05, 0.1) is 18.7 Å². The number of amides is 2. The molecule has 0 bridgehead atoms. The Balaban J connectivity index is 2.08. The van der Waals surface area contributed by atoms with Crippen LogP contribution in [0.25, 0.3) is 0 Å². The zero-order valence-corrected chi connectivity index (χ0v) is 18.7. The monoisotopic (exact) mass is 423 g/mol. The molecule has 31 heavy (non-hydrogen) atoms. The molecule has 164 valence electrons. The number of nitrogens with one attached hydrogen (secondary N) is 1. The number of ether oxygens (including phenoxy) is 2. The SMILES string of the molecule is CC[C@H](C)N(CC(=O)Nc1cccc(C)c1C)C(=O)COc1ccc(C#N)cc1OC. The van der Waals surface area contributed by atoms with Gasteiger partial charge in [0.25, 0.3) is 5.91 Å². The van der Waals surface area contributed by atoms with E-state index in [0.29, 0.717) is 23.5 Å². The second-order valence-electron chi connectivity index (χ2n) is 7.34. The highest BCUT2D eigenvalue weighted by Gasteiger charge is 2.23. The maximum atomic E-state index is 12.9. The number of nitriles is 1. The molecule has 2 rings (SSSR count). The van der Waals surface area contributed by atoms with Crippen LogP contribution in [0.1, 0.15) is 37.0 Å². The van der Waals surface area contributed by atoms with E-state index in [4.69, 9.17) is 14.7 Å². The van der Waals surface area contributed by atoms with Crippen molar-refractivity contribution in [3.05, 3.63) is 53.1 Å². The number of nitrogens with zero attached hydrogens (tertiary/aromatic N) is 2. The first-order valence-electron chi connectivity index (χ1n) is 10.2. The molecule has 0 fully saturated rings. The van der Waals surface area contributed by atoms with Crippen molar-refractivity contribution in [1.29, 1.82) is 5.26 Å². The van der Waals surface area contributed by atoms with Gasteiger partial charge in [-0.3, -0.25) is 9.59 Å². The largest absolute Gasteiger partial charge is 0.493 e. The first-order chi connectivity index (χ1) is 14.8. The topological polar surface area (TPSA) is 91.7 Å². The normalized spacial score (nSPS) is 11.2. The lowest BCUT2D eigenvalue weighted by molar-refractivity contribution is -0.138. The van der Waals surface area contributed by atoms with E-state index in [1.54, 1.807) is 18.2 Å². The zero-order valence-electron chi connectivity index (χ0n) is 18.7. The molecule has 0 spiro atoms. The Morgan fingerprint density at radius 2 is 1.94 bits per heavy atom. The number of hydrogen-bond donors (Lipinski definition) is 1. The van der Waals surface area contributed by atoms with Gasteiger partial charge in [-0.15, -0.1) is 0 Å². The Hall–Kier alpha value is -3.53. The molecule has 0 unspecified atom stereocenters. The van der Waals surface area contributed by atoms with Crippen LogP contribution >= 0.6 is 0 Å². The molecular formula is C24H29N3O4. The van der Waals surface area contributed by atoms with Crippen molar-refractivity contribution >= 4 is 17.5 Å². The Morgan fingerprint density at radius 3 is 2.58 bits per heavy atom. The van der Waals surface area contributed by atoms with E-state index in [2.05, 4.69) is 5.32 Å². The van der Waals surface area contributed by atoms with E-state index in [1.165, 1.54) is 12.0 Å². The Labute approximate surface area is 183 Å². The van der Waals surface area contributed by atoms with Crippen LogP contribution in [0.5, 0.6) is 11.5 Å². The van der Waals surface area contributed by atoms with Crippen LogP contribution in [-0.2, 0) is 9.59 Å². The molecule has 0 radical (unpaired) electrons. The van der Waals surface area contributed by atoms with Crippen molar-refractivity contribution < 1.29 is 19.1 Å². The first kappa shape index (κ1) is 23.7. The fourth-order valence-electron chi connectivity index (χ4n) is 3.02. The van der Waals surface area contributed by atoms with Crippen molar-refractivity contribution in [1.82, 2.24) is 4.90 Å². The van der Waals surface area contributed by atoms with Crippen molar-refractivity contribution in [3.8, 4) is 17.6 Å². The highest BCUT2D eigenvalue weighted by Crippen LogP contribution is 2.28. The second kappa shape index (κ2) is 11.0. The van der Waals surface area contributed by atoms with E-state index < -0.39 is 0 Å². The van der Waals surface area contributed by atoms with E-state index in [-0.39, 0.29) is 31.0 Å². The van der Waals surface area contributed by atoms with Gasteiger partial charge in [-0.25, -0.2) is 0 Å². The number of benzene rings is 2. The predicted molar refractivity (Wildman–Crippen MR) is 119 cm³/mol. The van der Waals surface area contributed by atoms with Crippen LogP contribution in [0.3, 0.4) is 0 Å². The molecule has 1 N–H and O–H groups in total. The molecule has 0 saturated carbocycles. The van der Waals surface area contributed by atoms with Gasteiger partial charge in [0, 0.05) is 17.8 Å². The molecule has 2 aromatic rings. The molecule has 1 atom stereocenters. The van der Waals surface area contributed by atoms with E-state index >= 15 is 0 Å². The van der Waals surface area contributed by atoms with Crippen LogP contribution in [-0.4, -0.2) is 43.0 Å². The van der Waals surface area contributed by atoms with Crippen LogP contribution in [0, 0.1) is 25.2 Å². The standard InChI is InChI=1S/C24H29N3O4/c1-6-17(3)27(14-23(28)26-20-9-7-8-16(2)18(20)4)24(29)15-31-21-11-10-19(13-25)12-22(21)30-5/h7-12,17H,6,14-15H2,1-5H3,(H,26,28)/t17-/m0/s1. The quantitative estimate of drug-likeness (QED) is 0.662. The van der Waals surface area contributed by atoms with E-state index in [9.17, 15) is 9.59 Å². The van der Waals surface area contributed by atoms with Crippen molar-refractivity contribution in [2.75, 3.05) is 25.6 Å². The van der Waals surface area contributed by atoms with Crippen LogP contribution < -0.4 is 14.8 Å². The smallest absolute Gasteiger partial charge is 0.261 e. The minimum Gasteiger partial charge on any atom is -0.493 e. The number of hydrogen-bond acceptors (Lipinski definition) is 5. The summed E-state index contributed by atoms with van der Waals surface area (Å²) in [5, 5.41) is 11.9. The van der Waals surface area contributed by atoms with Gasteiger partial charge in [-0.1, -0.05) is 19.1 Å². The highest BCUT2D eigenvalue weighted by molar-refractivity contribution is 5.95. The lowest BCUT2D eigenvalue weighted by atomic mass is 10.1. The average Bonchev–Trinajstić information content (AvgIpc) is 2.78. The van der Waals surface area contributed by atoms with Gasteiger partial charge in [0.1, 0.15) is 6.54 Å². The van der Waals surface area contributed by atoms with Crippen molar-refractivity contribution in [3.63, 3.8) is 0 Å². The zero-order chi connectivity index (χ0) is 23.0. The summed E-state index contributed by atoms with van der Waals surface area (Å²) in [4.78, 5) is 27.0. The number of rotatable bonds is 9. The lowest BCUT2D eigenvalue weighted by Crippen LogP contribution is -2.45. The Bertz CT molecular complexity index is 981. The number of aryl methyl sites for hydroxylation is 1. The van der Waals surface area contributed by atoms with Crippen molar-refractivity contribution in [2.24, 2.45) is 0 Å². The highest BCUT2D eigenvalue weighted by atomic mass is 16.5. The third kappa shape index (κ3) is 6.22. The third-order valence-corrected chi connectivity index (χ3v) is 5.28. The van der Waals surface area contributed by atoms with Gasteiger partial charge >= 0.3 is 0 Å². The molecule has 0 aliphatic heterocycles. The third-order valence-electron chi connectivity index (χ3n) is 5.28. The first-order valence-corrected chi connectivity index (χ1v) is 10.2. The summed E-state index contributed by atoms with van der Waals surface area (Å²) >= 11 is 0. The minimum atomic E-state index is -0.308. The summed E-state index contributed by atoms with van der Waals surface area (Å²) in [6.45, 7) is 7.46. The molecule has 0 heterocycles. The number of anilines is 1. The van der Waals surface area contributed by atoms with Gasteiger partial charge in [0.15, 0.2) is 18.1 Å². The van der Waals surface area contributed by atoms with Crippen LogP contribution in [0.4, 0.5) is 5.69 Å². The van der Waals surface area contributed by atoms with Gasteiger partial charge in [-0.05, 0) is 56.5 Å². The Kier molecular flexibility index (Phi) is 8.44. The summed E-state index contributed by atoms with van der Waals surface area (Å²) in [6.07, 6.45) is 0.697. The predicted octanol–water partition coefficient (Wildman–Crippen LogP) is 3.83. The summed E-state index contributed by atoms with van der Waals surface area (Å²) in [5.41, 5.74) is 3.24. The molecule has 0 saturated heterocycles. The maximum absolute atomic E-state index is 12.9. The second-order valence-corrected chi connectivity index (χ2v) is 7.34. The molecule has 7 heteroatoms. The van der Waals surface area contributed by atoms with E-state index in [0.717, 1.165) is 16.8 Å². The van der Waals surface area contributed by atoms with Crippen LogP contribution in [0.2, 0.25) is 0 Å². The number of carbonyl (C=O) groups excluding carboxylic acids is 2. The van der Waals surface area contributed by atoms with Gasteiger partial charge in [-0.2, -0.15) is 5.26 Å². The molecule has 0 aliphatic carbocycles. The maximum Gasteiger partial charge on any atom is 0.261 e. The summed E-state index contributed by atoms with van der Waals surface area (Å²) in [5.74, 6) is 0.156. The summed E-state index contributed by atoms with van der Waals surface area (Å²) in [7, 11) is 1.47. The van der Waals surface area contributed by atoms with E-state index in [1.807, 2.05) is 52.0 Å². The van der Waals surface area contributed by atoms with Crippen LogP contribution in [0.15, 0.2) is 36.4 Å². The molecule has 7 nitrogen and oxygen atoms in total. The molecule has 0 aromatic heterocycles. The molecule has 2 aromatic carbocycles. The number of carbonyl (C=O) groups is 2. The average molecular weight is 424 g/mol.